The molecule has 152 valence electrons. The molecule has 0 saturated carbocycles. The Morgan fingerprint density at radius 2 is 1.37 bits per heavy atom. The first-order valence-corrected chi connectivity index (χ1v) is 12.4. The summed E-state index contributed by atoms with van der Waals surface area (Å²) < 4.78 is 12.1. The Balaban J connectivity index is 2.33. The van der Waals surface area contributed by atoms with E-state index in [1.165, 1.54) is 0 Å². The lowest BCUT2D eigenvalue weighted by atomic mass is 9.87. The van der Waals surface area contributed by atoms with Gasteiger partial charge in [0.15, 0.2) is 0 Å². The first kappa shape index (κ1) is 22.0. The smallest absolute Gasteiger partial charge is 0.257 e. The van der Waals surface area contributed by atoms with Crippen LogP contribution < -0.4 is 9.64 Å². The van der Waals surface area contributed by atoms with Gasteiger partial charge in [0.05, 0.1) is 13.2 Å². The number of hydrogen-bond donors (Lipinski definition) is 0. The van der Waals surface area contributed by atoms with Gasteiger partial charge in [0, 0.05) is 5.69 Å². The van der Waals surface area contributed by atoms with Crippen molar-refractivity contribution in [2.24, 2.45) is 5.92 Å². The van der Waals surface area contributed by atoms with E-state index in [0.717, 1.165) is 11.4 Å². The number of anilines is 1. The SMILES string of the molecule is COc1ccc(N2C(=O)[C@H](O[Si](C(C)C)(C(C)C)C(C)C)[C@@H]2C(C)C)cc1. The topological polar surface area (TPSA) is 38.8 Å². The molecule has 1 aliphatic heterocycles. The molecule has 0 radical (unpaired) electrons. The Kier molecular flexibility index (Phi) is 6.80. The summed E-state index contributed by atoms with van der Waals surface area (Å²) in [5.41, 5.74) is 2.32. The Labute approximate surface area is 166 Å². The Morgan fingerprint density at radius 1 is 0.889 bits per heavy atom. The predicted octanol–water partition coefficient (Wildman–Crippen LogP) is 5.63. The standard InChI is InChI=1S/C22H37NO3Si/c1-14(2)20-21(26-27(15(3)4,16(5)6)17(7)8)22(24)23(20)18-10-12-19(25-9)13-11-18/h10-17,20-21H,1-9H3/t20-,21+/m0/s1. The zero-order valence-electron chi connectivity index (χ0n) is 18.4. The van der Waals surface area contributed by atoms with Crippen molar-refractivity contribution in [3.05, 3.63) is 24.3 Å². The summed E-state index contributed by atoms with van der Waals surface area (Å²) in [4.78, 5) is 15.1. The monoisotopic (exact) mass is 391 g/mol. The first-order valence-electron chi connectivity index (χ1n) is 10.2. The molecule has 0 unspecified atom stereocenters. The highest BCUT2D eigenvalue weighted by molar-refractivity contribution is 6.77. The largest absolute Gasteiger partial charge is 0.497 e. The van der Waals surface area contributed by atoms with Gasteiger partial charge in [-0.1, -0.05) is 55.4 Å². The number of benzene rings is 1. The molecule has 1 aliphatic rings. The molecule has 1 aromatic carbocycles. The van der Waals surface area contributed by atoms with Crippen LogP contribution in [-0.2, 0) is 9.22 Å². The number of amides is 1. The fourth-order valence-electron chi connectivity index (χ4n) is 4.92. The van der Waals surface area contributed by atoms with Gasteiger partial charge in [-0.3, -0.25) is 4.79 Å². The minimum absolute atomic E-state index is 0.0778. The van der Waals surface area contributed by atoms with E-state index < -0.39 is 8.32 Å². The lowest BCUT2D eigenvalue weighted by Gasteiger charge is -2.54. The molecule has 4 nitrogen and oxygen atoms in total. The van der Waals surface area contributed by atoms with E-state index in [2.05, 4.69) is 55.4 Å². The lowest BCUT2D eigenvalue weighted by molar-refractivity contribution is -0.137. The molecule has 2 atom stereocenters. The van der Waals surface area contributed by atoms with Crippen molar-refractivity contribution in [2.45, 2.75) is 84.2 Å². The summed E-state index contributed by atoms with van der Waals surface area (Å²) in [5, 5.41) is 0. The maximum atomic E-state index is 13.2. The van der Waals surface area contributed by atoms with Crippen molar-refractivity contribution >= 4 is 19.9 Å². The van der Waals surface area contributed by atoms with E-state index in [-0.39, 0.29) is 18.1 Å². The van der Waals surface area contributed by atoms with Crippen molar-refractivity contribution in [3.63, 3.8) is 0 Å². The van der Waals surface area contributed by atoms with Crippen LogP contribution in [0.15, 0.2) is 24.3 Å². The second-order valence-electron chi connectivity index (χ2n) is 9.00. The molecule has 0 N–H and O–H groups in total. The number of nitrogens with zero attached hydrogens (tertiary/aromatic N) is 1. The van der Waals surface area contributed by atoms with Crippen LogP contribution in [0.4, 0.5) is 5.69 Å². The number of β-lactam (4-membered cyclic amide) rings is 1. The van der Waals surface area contributed by atoms with Gasteiger partial charge in [0.25, 0.3) is 5.91 Å². The van der Waals surface area contributed by atoms with Crippen LogP contribution in [0.25, 0.3) is 0 Å². The second kappa shape index (κ2) is 8.35. The van der Waals surface area contributed by atoms with E-state index in [1.54, 1.807) is 7.11 Å². The van der Waals surface area contributed by atoms with Crippen LogP contribution in [0, 0.1) is 5.92 Å². The highest BCUT2D eigenvalue weighted by Gasteiger charge is 2.56. The first-order chi connectivity index (χ1) is 12.6. The van der Waals surface area contributed by atoms with Gasteiger partial charge >= 0.3 is 0 Å². The maximum absolute atomic E-state index is 13.2. The molecule has 0 aliphatic carbocycles. The fraction of sp³-hybridized carbons (Fsp3) is 0.682. The van der Waals surface area contributed by atoms with Gasteiger partial charge < -0.3 is 14.1 Å². The third-order valence-corrected chi connectivity index (χ3v) is 12.2. The lowest BCUT2D eigenvalue weighted by Crippen LogP contribution is -2.71. The van der Waals surface area contributed by atoms with Gasteiger partial charge in [0.1, 0.15) is 11.9 Å². The van der Waals surface area contributed by atoms with Gasteiger partial charge in [-0.05, 0) is 46.8 Å². The molecule has 2 rings (SSSR count). The van der Waals surface area contributed by atoms with Gasteiger partial charge in [-0.15, -0.1) is 0 Å². The average molecular weight is 392 g/mol. The molecule has 0 spiro atoms. The Hall–Kier alpha value is -1.33. The van der Waals surface area contributed by atoms with Gasteiger partial charge in [-0.2, -0.15) is 0 Å². The van der Waals surface area contributed by atoms with Crippen molar-refractivity contribution in [1.82, 2.24) is 0 Å². The fourth-order valence-corrected chi connectivity index (χ4v) is 10.4. The van der Waals surface area contributed by atoms with Gasteiger partial charge in [-0.25, -0.2) is 0 Å². The number of ether oxygens (including phenoxy) is 1. The normalized spacial score (nSPS) is 20.8. The van der Waals surface area contributed by atoms with Crippen LogP contribution in [-0.4, -0.2) is 33.5 Å². The number of carbonyl (C=O) groups excluding carboxylic acids is 1. The van der Waals surface area contributed by atoms with Crippen LogP contribution in [0.3, 0.4) is 0 Å². The summed E-state index contributed by atoms with van der Waals surface area (Å²) in [6, 6.07) is 7.81. The molecular weight excluding hydrogens is 354 g/mol. The second-order valence-corrected chi connectivity index (χ2v) is 14.4. The number of methoxy groups -OCH3 is 1. The highest BCUT2D eigenvalue weighted by atomic mass is 28.4. The van der Waals surface area contributed by atoms with Gasteiger partial charge in [0.2, 0.25) is 8.32 Å². The van der Waals surface area contributed by atoms with Crippen molar-refractivity contribution in [3.8, 4) is 5.75 Å². The Morgan fingerprint density at radius 3 is 1.74 bits per heavy atom. The molecule has 1 amide bonds. The summed E-state index contributed by atoms with van der Waals surface area (Å²) in [7, 11) is -0.451. The van der Waals surface area contributed by atoms with Crippen LogP contribution in [0.1, 0.15) is 55.4 Å². The van der Waals surface area contributed by atoms with E-state index in [9.17, 15) is 4.79 Å². The summed E-state index contributed by atoms with van der Waals surface area (Å²) >= 11 is 0. The summed E-state index contributed by atoms with van der Waals surface area (Å²) in [6.07, 6.45) is -0.328. The molecule has 1 fully saturated rings. The minimum atomic E-state index is -2.10. The molecule has 1 aromatic rings. The Bertz CT molecular complexity index is 618. The molecule has 0 aromatic heterocycles. The quantitative estimate of drug-likeness (QED) is 0.426. The molecule has 0 bridgehead atoms. The average Bonchev–Trinajstić information content (AvgIpc) is 2.59. The summed E-state index contributed by atoms with van der Waals surface area (Å²) in [5.74, 6) is 1.22. The summed E-state index contributed by atoms with van der Waals surface area (Å²) in [6.45, 7) is 17.9. The van der Waals surface area contributed by atoms with Crippen LogP contribution in [0.5, 0.6) is 5.75 Å². The number of carbonyl (C=O) groups is 1. The molecule has 1 saturated heterocycles. The van der Waals surface area contributed by atoms with Crippen molar-refractivity contribution in [2.75, 3.05) is 12.0 Å². The molecule has 27 heavy (non-hydrogen) atoms. The number of rotatable bonds is 8. The van der Waals surface area contributed by atoms with E-state index in [0.29, 0.717) is 22.5 Å². The van der Waals surface area contributed by atoms with Crippen LogP contribution >= 0.6 is 0 Å². The zero-order valence-corrected chi connectivity index (χ0v) is 19.4. The van der Waals surface area contributed by atoms with E-state index in [4.69, 9.17) is 9.16 Å². The number of hydrogen-bond acceptors (Lipinski definition) is 3. The molecular formula is C22H37NO3Si. The predicted molar refractivity (Wildman–Crippen MR) is 115 cm³/mol. The van der Waals surface area contributed by atoms with E-state index >= 15 is 0 Å². The van der Waals surface area contributed by atoms with Crippen molar-refractivity contribution < 1.29 is 14.0 Å². The molecule has 1 heterocycles. The van der Waals surface area contributed by atoms with Crippen molar-refractivity contribution in [1.29, 1.82) is 0 Å². The zero-order chi connectivity index (χ0) is 20.5. The van der Waals surface area contributed by atoms with E-state index in [1.807, 2.05) is 29.2 Å². The minimum Gasteiger partial charge on any atom is -0.497 e. The van der Waals surface area contributed by atoms with Crippen LogP contribution in [0.2, 0.25) is 16.6 Å². The highest BCUT2D eigenvalue weighted by Crippen LogP contribution is 2.46. The third-order valence-electron chi connectivity index (χ3n) is 6.16. The third kappa shape index (κ3) is 3.81. The maximum Gasteiger partial charge on any atom is 0.257 e. The molecule has 5 heteroatoms.